The monoisotopic (exact) mass is 343 g/mol. The number of unbranched alkanes of at least 4 members (excludes halogenated alkanes) is 3. The number of hydrogen-bond donors (Lipinski definition) is 3. The van der Waals surface area contributed by atoms with Crippen LogP contribution in [-0.4, -0.2) is 39.9 Å². The minimum atomic E-state index is -0.352. The van der Waals surface area contributed by atoms with Crippen LogP contribution in [0.3, 0.4) is 0 Å². The van der Waals surface area contributed by atoms with E-state index in [-0.39, 0.29) is 11.9 Å². The Labute approximate surface area is 147 Å². The Bertz CT molecular complexity index is 741. The molecule has 0 fully saturated rings. The molecule has 1 aliphatic heterocycles. The fraction of sp³-hybridized carbons (Fsp3) is 0.474. The highest BCUT2D eigenvalue weighted by atomic mass is 16.5. The fourth-order valence-electron chi connectivity index (χ4n) is 3.78. The summed E-state index contributed by atoms with van der Waals surface area (Å²) in [5, 5.41) is 10.4. The molecular weight excluding hydrogens is 318 g/mol. The average molecular weight is 343 g/mol. The smallest absolute Gasteiger partial charge is 0.260 e. The van der Waals surface area contributed by atoms with Crippen LogP contribution in [0.4, 0.5) is 0 Å². The molecule has 134 valence electrons. The maximum absolute atomic E-state index is 12.1. The molecule has 2 aromatic rings. The first-order valence-corrected chi connectivity index (χ1v) is 8.94. The Balaban J connectivity index is 1.69. The molecule has 0 saturated carbocycles. The number of hydrogen-bond acceptors (Lipinski definition) is 4. The SMILES string of the molecule is O=CCCCCCC(C(=O)NO)N1CCc2c([nH]c3ccccc23)C1. The van der Waals surface area contributed by atoms with E-state index in [1.807, 2.05) is 17.6 Å². The van der Waals surface area contributed by atoms with Crippen molar-refractivity contribution in [2.45, 2.75) is 51.1 Å². The van der Waals surface area contributed by atoms with Gasteiger partial charge in [-0.15, -0.1) is 0 Å². The minimum Gasteiger partial charge on any atom is -0.357 e. The van der Waals surface area contributed by atoms with Crippen molar-refractivity contribution in [2.75, 3.05) is 6.54 Å². The third-order valence-electron chi connectivity index (χ3n) is 5.07. The van der Waals surface area contributed by atoms with Crippen molar-refractivity contribution >= 4 is 23.1 Å². The number of rotatable bonds is 8. The summed E-state index contributed by atoms with van der Waals surface area (Å²) in [7, 11) is 0. The van der Waals surface area contributed by atoms with E-state index in [0.29, 0.717) is 19.4 Å². The molecule has 0 aliphatic carbocycles. The van der Waals surface area contributed by atoms with Crippen molar-refractivity contribution in [3.63, 3.8) is 0 Å². The Hall–Kier alpha value is -2.18. The van der Waals surface area contributed by atoms with Gasteiger partial charge in [0.15, 0.2) is 0 Å². The van der Waals surface area contributed by atoms with Crippen LogP contribution < -0.4 is 5.48 Å². The van der Waals surface area contributed by atoms with Gasteiger partial charge in [-0.1, -0.05) is 31.0 Å². The van der Waals surface area contributed by atoms with E-state index in [4.69, 9.17) is 5.21 Å². The zero-order valence-electron chi connectivity index (χ0n) is 14.3. The van der Waals surface area contributed by atoms with Crippen LogP contribution in [0.2, 0.25) is 0 Å². The van der Waals surface area contributed by atoms with Crippen molar-refractivity contribution in [2.24, 2.45) is 0 Å². The molecule has 2 heterocycles. The van der Waals surface area contributed by atoms with E-state index in [2.05, 4.69) is 22.0 Å². The van der Waals surface area contributed by atoms with Gasteiger partial charge in [-0.05, 0) is 30.9 Å². The molecule has 1 aromatic heterocycles. The number of nitrogens with zero attached hydrogens (tertiary/aromatic N) is 1. The van der Waals surface area contributed by atoms with E-state index in [1.54, 1.807) is 0 Å². The van der Waals surface area contributed by atoms with Gasteiger partial charge >= 0.3 is 0 Å². The van der Waals surface area contributed by atoms with E-state index in [1.165, 1.54) is 10.9 Å². The number of hydroxylamine groups is 1. The Kier molecular flexibility index (Phi) is 5.83. The largest absolute Gasteiger partial charge is 0.357 e. The number of para-hydroxylation sites is 1. The van der Waals surface area contributed by atoms with Crippen molar-refractivity contribution in [1.82, 2.24) is 15.4 Å². The molecule has 0 radical (unpaired) electrons. The molecule has 0 saturated heterocycles. The van der Waals surface area contributed by atoms with Gasteiger partial charge in [-0.25, -0.2) is 5.48 Å². The molecule has 6 nitrogen and oxygen atoms in total. The zero-order chi connectivity index (χ0) is 17.6. The second-order valence-corrected chi connectivity index (χ2v) is 6.64. The highest BCUT2D eigenvalue weighted by molar-refractivity contribution is 5.85. The second-order valence-electron chi connectivity index (χ2n) is 6.64. The molecule has 25 heavy (non-hydrogen) atoms. The molecule has 1 amide bonds. The van der Waals surface area contributed by atoms with Crippen LogP contribution in [0.5, 0.6) is 0 Å². The van der Waals surface area contributed by atoms with Gasteiger partial charge < -0.3 is 9.78 Å². The number of aromatic nitrogens is 1. The third kappa shape index (κ3) is 3.91. The summed E-state index contributed by atoms with van der Waals surface area (Å²) in [6.07, 6.45) is 5.70. The maximum Gasteiger partial charge on any atom is 0.260 e. The summed E-state index contributed by atoms with van der Waals surface area (Å²) in [5.74, 6) is -0.352. The van der Waals surface area contributed by atoms with Crippen molar-refractivity contribution in [1.29, 1.82) is 0 Å². The van der Waals surface area contributed by atoms with Crippen LogP contribution in [0, 0.1) is 0 Å². The molecule has 0 bridgehead atoms. The fourth-order valence-corrected chi connectivity index (χ4v) is 3.78. The van der Waals surface area contributed by atoms with Crippen LogP contribution in [-0.2, 0) is 22.6 Å². The molecule has 3 N–H and O–H groups in total. The first-order chi connectivity index (χ1) is 12.2. The highest BCUT2D eigenvalue weighted by Gasteiger charge is 2.29. The number of aromatic amines is 1. The molecule has 1 aromatic carbocycles. The first-order valence-electron chi connectivity index (χ1n) is 8.94. The summed E-state index contributed by atoms with van der Waals surface area (Å²) in [6, 6.07) is 7.92. The van der Waals surface area contributed by atoms with Gasteiger partial charge in [0.1, 0.15) is 6.29 Å². The standard InChI is InChI=1S/C19H25N3O3/c23-12-6-2-1-3-9-18(19(24)21-25)22-11-10-15-14-7-4-5-8-16(14)20-17(15)13-22/h4-5,7-8,12,18,20,25H,1-3,6,9-11,13H2,(H,21,24). The van der Waals surface area contributed by atoms with Crippen LogP contribution in [0.15, 0.2) is 24.3 Å². The number of carbonyl (C=O) groups excluding carboxylic acids is 2. The Morgan fingerprint density at radius 3 is 2.96 bits per heavy atom. The Morgan fingerprint density at radius 1 is 1.32 bits per heavy atom. The van der Waals surface area contributed by atoms with Gasteiger partial charge in [0.25, 0.3) is 5.91 Å². The van der Waals surface area contributed by atoms with Crippen molar-refractivity contribution in [3.8, 4) is 0 Å². The summed E-state index contributed by atoms with van der Waals surface area (Å²) in [5.41, 5.74) is 5.44. The maximum atomic E-state index is 12.1. The van der Waals surface area contributed by atoms with Gasteiger partial charge in [0.2, 0.25) is 0 Å². The normalized spacial score (nSPS) is 15.7. The number of aldehydes is 1. The number of amides is 1. The number of nitrogens with one attached hydrogen (secondary N) is 2. The summed E-state index contributed by atoms with van der Waals surface area (Å²) < 4.78 is 0. The molecule has 0 spiro atoms. The lowest BCUT2D eigenvalue weighted by Crippen LogP contribution is -2.48. The predicted octanol–water partition coefficient (Wildman–Crippen LogP) is 2.55. The lowest BCUT2D eigenvalue weighted by atomic mass is 9.99. The molecular formula is C19H25N3O3. The van der Waals surface area contributed by atoms with Crippen molar-refractivity contribution in [3.05, 3.63) is 35.5 Å². The number of H-pyrrole nitrogens is 1. The summed E-state index contributed by atoms with van der Waals surface area (Å²) >= 11 is 0. The van der Waals surface area contributed by atoms with Gasteiger partial charge in [-0.3, -0.25) is 14.9 Å². The molecule has 1 unspecified atom stereocenters. The Morgan fingerprint density at radius 2 is 2.16 bits per heavy atom. The quantitative estimate of drug-likeness (QED) is 0.298. The second kappa shape index (κ2) is 8.27. The average Bonchev–Trinajstić information content (AvgIpc) is 3.01. The molecule has 1 atom stereocenters. The van der Waals surface area contributed by atoms with E-state index in [0.717, 1.165) is 49.7 Å². The van der Waals surface area contributed by atoms with Gasteiger partial charge in [-0.2, -0.15) is 0 Å². The first kappa shape index (κ1) is 17.6. The molecule has 3 rings (SSSR count). The third-order valence-corrected chi connectivity index (χ3v) is 5.07. The van der Waals surface area contributed by atoms with E-state index in [9.17, 15) is 9.59 Å². The van der Waals surface area contributed by atoms with Gasteiger partial charge in [0.05, 0.1) is 6.04 Å². The van der Waals surface area contributed by atoms with Crippen LogP contribution in [0.25, 0.3) is 10.9 Å². The number of carbonyl (C=O) groups is 2. The summed E-state index contributed by atoms with van der Waals surface area (Å²) in [4.78, 5) is 28.1. The lowest BCUT2D eigenvalue weighted by Gasteiger charge is -2.33. The van der Waals surface area contributed by atoms with Crippen molar-refractivity contribution < 1.29 is 14.8 Å². The lowest BCUT2D eigenvalue weighted by molar-refractivity contribution is -0.135. The van der Waals surface area contributed by atoms with Crippen LogP contribution in [0.1, 0.15) is 43.4 Å². The van der Waals surface area contributed by atoms with Gasteiger partial charge in [0, 0.05) is 36.1 Å². The van der Waals surface area contributed by atoms with E-state index < -0.39 is 0 Å². The topological polar surface area (TPSA) is 85.4 Å². The molecule has 1 aliphatic rings. The highest BCUT2D eigenvalue weighted by Crippen LogP contribution is 2.29. The van der Waals surface area contributed by atoms with Crippen LogP contribution >= 0.6 is 0 Å². The predicted molar refractivity (Wildman–Crippen MR) is 95.3 cm³/mol. The number of fused-ring (bicyclic) bond motifs is 3. The number of benzene rings is 1. The van der Waals surface area contributed by atoms with E-state index >= 15 is 0 Å². The molecule has 6 heteroatoms. The minimum absolute atomic E-state index is 0.346. The zero-order valence-corrected chi connectivity index (χ0v) is 14.3. The summed E-state index contributed by atoms with van der Waals surface area (Å²) in [6.45, 7) is 1.47.